The van der Waals surface area contributed by atoms with Crippen LogP contribution in [0.25, 0.3) is 10.8 Å². The topological polar surface area (TPSA) is 41.6 Å². The standard InChI is InChI=1S/C21H25F3N2O2/c1-13(2)12-28-15-8-9-16-14(10-15)6-5-7-17(16)19(21(22,23)24)26-20(3,4)11-18(27)25-26/h5-10,13,19H,11-12H2,1-4H3,(H,25,27)/t19-/m0/s1. The molecule has 2 aromatic rings. The van der Waals surface area contributed by atoms with E-state index in [9.17, 15) is 18.0 Å². The van der Waals surface area contributed by atoms with Crippen LogP contribution in [0.2, 0.25) is 0 Å². The van der Waals surface area contributed by atoms with Crippen molar-refractivity contribution in [3.8, 4) is 5.75 Å². The SMILES string of the molecule is CC(C)COc1ccc2c([C@H](N3NC(=O)CC3(C)C)C(F)(F)F)cccc2c1. The molecule has 1 heterocycles. The molecule has 1 aliphatic rings. The van der Waals surface area contributed by atoms with Gasteiger partial charge in [0.1, 0.15) is 5.75 Å². The van der Waals surface area contributed by atoms with Crippen LogP contribution in [0, 0.1) is 5.92 Å². The largest absolute Gasteiger partial charge is 0.493 e. The van der Waals surface area contributed by atoms with E-state index in [0.29, 0.717) is 29.0 Å². The van der Waals surface area contributed by atoms with Gasteiger partial charge in [-0.15, -0.1) is 0 Å². The summed E-state index contributed by atoms with van der Waals surface area (Å²) in [6.45, 7) is 7.85. The van der Waals surface area contributed by atoms with Crippen LogP contribution in [0.5, 0.6) is 5.75 Å². The molecule has 0 radical (unpaired) electrons. The maximum absolute atomic E-state index is 14.1. The molecule has 0 unspecified atom stereocenters. The van der Waals surface area contributed by atoms with Gasteiger partial charge in [-0.25, -0.2) is 0 Å². The predicted molar refractivity (Wildman–Crippen MR) is 102 cm³/mol. The van der Waals surface area contributed by atoms with Gasteiger partial charge in [0.2, 0.25) is 5.91 Å². The first-order valence-corrected chi connectivity index (χ1v) is 9.30. The zero-order chi connectivity index (χ0) is 20.7. The Bertz CT molecular complexity index is 878. The van der Waals surface area contributed by atoms with E-state index in [-0.39, 0.29) is 12.0 Å². The Morgan fingerprint density at radius 2 is 1.93 bits per heavy atom. The lowest BCUT2D eigenvalue weighted by Gasteiger charge is -2.38. The third-order valence-electron chi connectivity index (χ3n) is 4.82. The van der Waals surface area contributed by atoms with Gasteiger partial charge in [0.25, 0.3) is 0 Å². The number of hydrazine groups is 1. The number of amides is 1. The van der Waals surface area contributed by atoms with Crippen LogP contribution in [-0.2, 0) is 4.79 Å². The highest BCUT2D eigenvalue weighted by atomic mass is 19.4. The van der Waals surface area contributed by atoms with E-state index in [1.54, 1.807) is 44.2 Å². The van der Waals surface area contributed by atoms with Gasteiger partial charge >= 0.3 is 6.18 Å². The summed E-state index contributed by atoms with van der Waals surface area (Å²) in [5, 5.41) is 2.18. The van der Waals surface area contributed by atoms with E-state index < -0.39 is 23.7 Å². The summed E-state index contributed by atoms with van der Waals surface area (Å²) < 4.78 is 48.1. The van der Waals surface area contributed by atoms with Gasteiger partial charge < -0.3 is 4.74 Å². The Hall–Kier alpha value is -2.28. The molecular weight excluding hydrogens is 369 g/mol. The van der Waals surface area contributed by atoms with Gasteiger partial charge in [-0.3, -0.25) is 10.2 Å². The molecular formula is C21H25F3N2O2. The quantitative estimate of drug-likeness (QED) is 0.777. The van der Waals surface area contributed by atoms with Crippen LogP contribution in [0.4, 0.5) is 13.2 Å². The highest BCUT2D eigenvalue weighted by Gasteiger charge is 2.53. The fourth-order valence-electron chi connectivity index (χ4n) is 3.56. The van der Waals surface area contributed by atoms with E-state index in [1.165, 1.54) is 6.07 Å². The molecule has 0 aliphatic carbocycles. The van der Waals surface area contributed by atoms with Gasteiger partial charge in [-0.05, 0) is 48.2 Å². The third kappa shape index (κ3) is 4.09. The van der Waals surface area contributed by atoms with E-state index in [4.69, 9.17) is 4.74 Å². The number of nitrogens with one attached hydrogen (secondary N) is 1. The molecule has 0 spiro atoms. The third-order valence-corrected chi connectivity index (χ3v) is 4.82. The molecule has 0 saturated carbocycles. The second-order valence-corrected chi connectivity index (χ2v) is 8.27. The summed E-state index contributed by atoms with van der Waals surface area (Å²) in [6, 6.07) is 7.99. The Morgan fingerprint density at radius 3 is 2.50 bits per heavy atom. The van der Waals surface area contributed by atoms with Crippen molar-refractivity contribution < 1.29 is 22.7 Å². The molecule has 0 bridgehead atoms. The predicted octanol–water partition coefficient (Wildman–Crippen LogP) is 4.99. The summed E-state index contributed by atoms with van der Waals surface area (Å²) in [5.74, 6) is 0.554. The number of fused-ring (bicyclic) bond motifs is 1. The molecule has 2 aromatic carbocycles. The van der Waals surface area contributed by atoms with Crippen molar-refractivity contribution in [1.29, 1.82) is 0 Å². The number of carbonyl (C=O) groups is 1. The molecule has 7 heteroatoms. The minimum absolute atomic E-state index is 0.0114. The lowest BCUT2D eigenvalue weighted by Crippen LogP contribution is -2.51. The number of hydrogen-bond acceptors (Lipinski definition) is 3. The van der Waals surface area contributed by atoms with Crippen molar-refractivity contribution in [3.63, 3.8) is 0 Å². The number of ether oxygens (including phenoxy) is 1. The van der Waals surface area contributed by atoms with Crippen LogP contribution in [0.1, 0.15) is 45.7 Å². The maximum atomic E-state index is 14.1. The number of halogens is 3. The number of rotatable bonds is 5. The highest BCUT2D eigenvalue weighted by Crippen LogP contribution is 2.44. The lowest BCUT2D eigenvalue weighted by molar-refractivity contribution is -0.203. The molecule has 1 atom stereocenters. The van der Waals surface area contributed by atoms with Crippen LogP contribution in [-0.4, -0.2) is 29.2 Å². The molecule has 1 aliphatic heterocycles. The summed E-state index contributed by atoms with van der Waals surface area (Å²) in [7, 11) is 0. The maximum Gasteiger partial charge on any atom is 0.409 e. The zero-order valence-electron chi connectivity index (χ0n) is 16.4. The Morgan fingerprint density at radius 1 is 1.21 bits per heavy atom. The molecule has 3 rings (SSSR count). The summed E-state index contributed by atoms with van der Waals surface area (Å²) in [6.07, 6.45) is -4.55. The van der Waals surface area contributed by atoms with Crippen LogP contribution in [0.3, 0.4) is 0 Å². The van der Waals surface area contributed by atoms with E-state index in [2.05, 4.69) is 5.43 Å². The first kappa shape index (κ1) is 20.5. The minimum atomic E-state index is -4.56. The van der Waals surface area contributed by atoms with Gasteiger partial charge in [0, 0.05) is 12.0 Å². The summed E-state index contributed by atoms with van der Waals surface area (Å²) in [4.78, 5) is 11.8. The number of hydrogen-bond donors (Lipinski definition) is 1. The second kappa shape index (κ2) is 7.28. The molecule has 1 fully saturated rings. The van der Waals surface area contributed by atoms with E-state index >= 15 is 0 Å². The van der Waals surface area contributed by atoms with Gasteiger partial charge in [0.05, 0.1) is 6.61 Å². The first-order valence-electron chi connectivity index (χ1n) is 9.30. The van der Waals surface area contributed by atoms with Crippen LogP contribution < -0.4 is 10.2 Å². The van der Waals surface area contributed by atoms with Crippen molar-refractivity contribution in [2.24, 2.45) is 5.92 Å². The van der Waals surface area contributed by atoms with E-state index in [1.807, 2.05) is 13.8 Å². The van der Waals surface area contributed by atoms with Crippen molar-refractivity contribution >= 4 is 16.7 Å². The smallest absolute Gasteiger partial charge is 0.409 e. The minimum Gasteiger partial charge on any atom is -0.493 e. The number of nitrogens with zero attached hydrogens (tertiary/aromatic N) is 1. The number of benzene rings is 2. The molecule has 1 saturated heterocycles. The van der Waals surface area contributed by atoms with E-state index in [0.717, 1.165) is 5.01 Å². The fraction of sp³-hybridized carbons (Fsp3) is 0.476. The van der Waals surface area contributed by atoms with Crippen molar-refractivity contribution in [3.05, 3.63) is 42.0 Å². The zero-order valence-corrected chi connectivity index (χ0v) is 16.4. The molecule has 0 aromatic heterocycles. The monoisotopic (exact) mass is 394 g/mol. The van der Waals surface area contributed by atoms with Crippen molar-refractivity contribution in [2.75, 3.05) is 6.61 Å². The number of alkyl halides is 3. The molecule has 1 amide bonds. The van der Waals surface area contributed by atoms with Gasteiger partial charge in [-0.2, -0.15) is 18.2 Å². The van der Waals surface area contributed by atoms with Gasteiger partial charge in [-0.1, -0.05) is 38.1 Å². The van der Waals surface area contributed by atoms with Crippen LogP contribution in [0.15, 0.2) is 36.4 Å². The Kier molecular flexibility index (Phi) is 5.32. The first-order chi connectivity index (χ1) is 13.0. The molecule has 4 nitrogen and oxygen atoms in total. The molecule has 28 heavy (non-hydrogen) atoms. The fourth-order valence-corrected chi connectivity index (χ4v) is 3.56. The lowest BCUT2D eigenvalue weighted by atomic mass is 9.93. The Balaban J connectivity index is 2.07. The van der Waals surface area contributed by atoms with Crippen LogP contribution >= 0.6 is 0 Å². The Labute approximate surface area is 162 Å². The molecule has 152 valence electrons. The summed E-state index contributed by atoms with van der Waals surface area (Å²) in [5.41, 5.74) is 1.56. The average Bonchev–Trinajstić information content (AvgIpc) is 2.84. The second-order valence-electron chi connectivity index (χ2n) is 8.27. The van der Waals surface area contributed by atoms with Gasteiger partial charge in [0.15, 0.2) is 6.04 Å². The summed E-state index contributed by atoms with van der Waals surface area (Å²) >= 11 is 0. The normalized spacial score (nSPS) is 18.5. The highest BCUT2D eigenvalue weighted by molar-refractivity contribution is 5.87. The average molecular weight is 394 g/mol. The number of carbonyl (C=O) groups excluding carboxylic acids is 1. The molecule has 1 N–H and O–H groups in total. The van der Waals surface area contributed by atoms with Crippen molar-refractivity contribution in [2.45, 2.75) is 51.9 Å². The van der Waals surface area contributed by atoms with Crippen molar-refractivity contribution in [1.82, 2.24) is 10.4 Å².